The number of carbonyl (C=O) groups excluding carboxylic acids is 1. The van der Waals surface area contributed by atoms with Crippen LogP contribution in [0.4, 0.5) is 4.79 Å². The highest BCUT2D eigenvalue weighted by atomic mass is 32.2. The Labute approximate surface area is 285 Å². The van der Waals surface area contributed by atoms with Gasteiger partial charge >= 0.3 is 6.09 Å². The molecule has 7 rings (SSSR count). The minimum atomic E-state index is -3.71. The van der Waals surface area contributed by atoms with Gasteiger partial charge in [-0.2, -0.15) is 0 Å². The quantitative estimate of drug-likeness (QED) is 0.487. The van der Waals surface area contributed by atoms with E-state index < -0.39 is 21.0 Å². The first-order valence-electron chi connectivity index (χ1n) is 16.5. The number of aliphatic imine (C=N–C) groups is 2. The number of likely N-dealkylation sites (tertiary alicyclic amines) is 1. The lowest BCUT2D eigenvalue weighted by molar-refractivity contribution is 0.0122. The standard InChI is InChI=1S/C36H39N7O5S/c1-5-49(45,46)33-29-11-10-26(41-29)19-24-7-6-23(39-24)18-25-8-9-27(40-25)21-36(15-12-30(33)42-36)31-20-32(38-22-37-31)47-28-13-16-43(17-14-28)34(44)48-35(2,3)4/h6-12,18-22,28,39,42H,5,13-17H2,1-4H3. The highest BCUT2D eigenvalue weighted by Crippen LogP contribution is 2.39. The maximum Gasteiger partial charge on any atom is 0.410 e. The number of ether oxygens (including phenoxy) is 2. The summed E-state index contributed by atoms with van der Waals surface area (Å²) in [5.74, 6) is 0.299. The second kappa shape index (κ2) is 12.4. The van der Waals surface area contributed by atoms with Crippen LogP contribution < -0.4 is 20.8 Å². The molecule has 0 saturated carbocycles. The minimum Gasteiger partial charge on any atom is -0.474 e. The summed E-state index contributed by atoms with van der Waals surface area (Å²) in [6, 6.07) is 5.70. The number of aromatic nitrogens is 3. The molecule has 5 aliphatic rings. The fourth-order valence-electron chi connectivity index (χ4n) is 6.31. The Hall–Kier alpha value is -5.04. The van der Waals surface area contributed by atoms with Gasteiger partial charge in [0.15, 0.2) is 9.84 Å². The zero-order valence-corrected chi connectivity index (χ0v) is 28.8. The summed E-state index contributed by atoms with van der Waals surface area (Å²) in [4.78, 5) is 36.4. The highest BCUT2D eigenvalue weighted by Gasteiger charge is 2.40. The van der Waals surface area contributed by atoms with E-state index in [1.54, 1.807) is 24.0 Å². The van der Waals surface area contributed by atoms with Crippen molar-refractivity contribution < 1.29 is 22.7 Å². The Balaban J connectivity index is 1.23. The molecule has 8 bridgehead atoms. The number of hydrogen-bond acceptors (Lipinski definition) is 10. The molecule has 0 spiro atoms. The lowest BCUT2D eigenvalue weighted by Gasteiger charge is -2.33. The largest absolute Gasteiger partial charge is 0.474 e. The van der Waals surface area contributed by atoms with Crippen molar-refractivity contribution in [3.8, 4) is 5.88 Å². The molecule has 1 unspecified atom stereocenters. The molecule has 0 aliphatic carbocycles. The maximum absolute atomic E-state index is 13.7. The number of allylic oxidation sites excluding steroid dienone is 4. The number of nitrogens with one attached hydrogen (secondary N) is 2. The van der Waals surface area contributed by atoms with Crippen LogP contribution in [-0.2, 0) is 20.1 Å². The number of fused-ring (bicyclic) bond motifs is 6. The maximum atomic E-state index is 13.7. The van der Waals surface area contributed by atoms with Crippen molar-refractivity contribution in [2.75, 3.05) is 18.8 Å². The number of sulfone groups is 1. The van der Waals surface area contributed by atoms with Crippen molar-refractivity contribution >= 4 is 39.5 Å². The lowest BCUT2D eigenvalue weighted by atomic mass is 9.91. The fraction of sp³-hybridized carbons (Fsp3) is 0.361. The molecule has 1 atom stereocenters. The van der Waals surface area contributed by atoms with Crippen molar-refractivity contribution in [1.82, 2.24) is 25.2 Å². The van der Waals surface area contributed by atoms with Gasteiger partial charge in [0.05, 0.1) is 40.0 Å². The van der Waals surface area contributed by atoms with Crippen LogP contribution in [0.1, 0.15) is 52.7 Å². The zero-order chi connectivity index (χ0) is 34.4. The molecule has 7 heterocycles. The van der Waals surface area contributed by atoms with E-state index in [1.807, 2.05) is 75.4 Å². The SMILES string of the molecule is CCS(=O)(=O)C1=C2C=CC(=N2)C=c2ccc([nH]2)=CC2=NC(=CC3(c4cc(OC5CCN(C(=O)OC(C)(C)C)CC5)ncn4)CC=C1N3)C=C2. The number of amides is 1. The van der Waals surface area contributed by atoms with Gasteiger partial charge in [-0.1, -0.05) is 13.0 Å². The summed E-state index contributed by atoms with van der Waals surface area (Å²) in [7, 11) is -3.71. The molecule has 0 aromatic carbocycles. The predicted molar refractivity (Wildman–Crippen MR) is 188 cm³/mol. The molecule has 1 saturated heterocycles. The average Bonchev–Trinajstić information content (AvgIpc) is 3.87. The molecular weight excluding hydrogens is 643 g/mol. The molecular formula is C36H39N7O5S. The number of rotatable bonds is 5. The van der Waals surface area contributed by atoms with Gasteiger partial charge in [-0.3, -0.25) is 0 Å². The normalized spacial score (nSPS) is 22.1. The lowest BCUT2D eigenvalue weighted by Crippen LogP contribution is -2.44. The van der Waals surface area contributed by atoms with Gasteiger partial charge in [-0.05, 0) is 75.4 Å². The van der Waals surface area contributed by atoms with E-state index in [-0.39, 0.29) is 22.9 Å². The molecule has 2 aromatic rings. The number of piperidine rings is 1. The van der Waals surface area contributed by atoms with Crippen LogP contribution in [0.5, 0.6) is 5.88 Å². The van der Waals surface area contributed by atoms with E-state index in [0.29, 0.717) is 66.7 Å². The Bertz CT molecular complexity index is 2160. The highest BCUT2D eigenvalue weighted by molar-refractivity contribution is 7.95. The van der Waals surface area contributed by atoms with E-state index in [4.69, 9.17) is 19.5 Å². The number of nitrogens with zero attached hydrogens (tertiary/aromatic N) is 5. The van der Waals surface area contributed by atoms with Gasteiger partial charge in [0.2, 0.25) is 5.88 Å². The van der Waals surface area contributed by atoms with Gasteiger partial charge < -0.3 is 24.7 Å². The molecule has 5 aliphatic heterocycles. The number of H-pyrrole nitrogens is 1. The van der Waals surface area contributed by atoms with Gasteiger partial charge in [-0.15, -0.1) is 0 Å². The monoisotopic (exact) mass is 681 g/mol. The topological polar surface area (TPSA) is 151 Å². The molecule has 2 aromatic heterocycles. The van der Waals surface area contributed by atoms with Crippen molar-refractivity contribution in [3.05, 3.63) is 99.4 Å². The molecule has 1 amide bonds. The van der Waals surface area contributed by atoms with Crippen molar-refractivity contribution in [1.29, 1.82) is 0 Å². The van der Waals surface area contributed by atoms with Crippen molar-refractivity contribution in [3.63, 3.8) is 0 Å². The third-order valence-corrected chi connectivity index (χ3v) is 10.5. The number of hydrogen-bond donors (Lipinski definition) is 2. The zero-order valence-electron chi connectivity index (χ0n) is 27.9. The summed E-state index contributed by atoms with van der Waals surface area (Å²) < 4.78 is 39.2. The average molecular weight is 682 g/mol. The van der Waals surface area contributed by atoms with Crippen LogP contribution in [0.25, 0.3) is 12.2 Å². The first kappa shape index (κ1) is 32.5. The Kier molecular flexibility index (Phi) is 8.26. The fourth-order valence-corrected chi connectivity index (χ4v) is 7.50. The van der Waals surface area contributed by atoms with Crippen LogP contribution in [-0.4, -0.2) is 76.3 Å². The molecule has 12 nitrogen and oxygen atoms in total. The van der Waals surface area contributed by atoms with Crippen LogP contribution in [0.2, 0.25) is 0 Å². The summed E-state index contributed by atoms with van der Waals surface area (Å²) in [6.07, 6.45) is 17.7. The number of carbonyl (C=O) groups is 1. The summed E-state index contributed by atoms with van der Waals surface area (Å²) in [5, 5.41) is 5.26. The van der Waals surface area contributed by atoms with E-state index in [2.05, 4.69) is 20.3 Å². The van der Waals surface area contributed by atoms with Crippen molar-refractivity contribution in [2.45, 2.75) is 64.2 Å². The van der Waals surface area contributed by atoms with Crippen LogP contribution >= 0.6 is 0 Å². The third-order valence-electron chi connectivity index (χ3n) is 8.71. The van der Waals surface area contributed by atoms with E-state index >= 15 is 0 Å². The smallest absolute Gasteiger partial charge is 0.410 e. The molecule has 13 heteroatoms. The van der Waals surface area contributed by atoms with Gasteiger partial charge in [0.25, 0.3) is 0 Å². The molecule has 0 radical (unpaired) electrons. The first-order valence-corrected chi connectivity index (χ1v) is 18.1. The van der Waals surface area contributed by atoms with Crippen molar-refractivity contribution in [2.24, 2.45) is 9.98 Å². The summed E-state index contributed by atoms with van der Waals surface area (Å²) >= 11 is 0. The van der Waals surface area contributed by atoms with Crippen LogP contribution in [0, 0.1) is 0 Å². The summed E-state index contributed by atoms with van der Waals surface area (Å²) in [6.45, 7) is 8.21. The van der Waals surface area contributed by atoms with Gasteiger partial charge in [0, 0.05) is 49.1 Å². The van der Waals surface area contributed by atoms with E-state index in [0.717, 1.165) is 16.4 Å². The van der Waals surface area contributed by atoms with E-state index in [9.17, 15) is 13.2 Å². The molecule has 49 heavy (non-hydrogen) atoms. The summed E-state index contributed by atoms with van der Waals surface area (Å²) in [5.41, 5.74) is 1.99. The predicted octanol–water partition coefficient (Wildman–Crippen LogP) is 3.48. The molecule has 2 N–H and O–H groups in total. The molecule has 1 fully saturated rings. The number of aromatic amines is 1. The Morgan fingerprint density at radius 3 is 2.45 bits per heavy atom. The van der Waals surface area contributed by atoms with Gasteiger partial charge in [0.1, 0.15) is 28.5 Å². The second-order valence-electron chi connectivity index (χ2n) is 13.5. The minimum absolute atomic E-state index is 0.0915. The molecule has 254 valence electrons. The van der Waals surface area contributed by atoms with Gasteiger partial charge in [-0.25, -0.2) is 33.2 Å². The van der Waals surface area contributed by atoms with Crippen LogP contribution in [0.15, 0.2) is 93.0 Å². The third kappa shape index (κ3) is 6.93. The van der Waals surface area contributed by atoms with E-state index in [1.165, 1.54) is 6.33 Å². The second-order valence-corrected chi connectivity index (χ2v) is 15.7. The first-order chi connectivity index (χ1) is 23.4. The Morgan fingerprint density at radius 1 is 1.02 bits per heavy atom. The Morgan fingerprint density at radius 2 is 1.73 bits per heavy atom. The van der Waals surface area contributed by atoms with Crippen LogP contribution in [0.3, 0.4) is 0 Å².